The second-order valence-electron chi connectivity index (χ2n) is 7.79. The number of ketones is 1. The lowest BCUT2D eigenvalue weighted by Crippen LogP contribution is -2.52. The maximum atomic E-state index is 12.8. The highest BCUT2D eigenvalue weighted by Crippen LogP contribution is 2.41. The maximum Gasteiger partial charge on any atom is 0.328 e. The van der Waals surface area contributed by atoms with Crippen LogP contribution in [0.2, 0.25) is 0 Å². The van der Waals surface area contributed by atoms with E-state index in [9.17, 15) is 9.59 Å². The molecule has 1 saturated heterocycles. The number of ether oxygens (including phenoxy) is 1. The van der Waals surface area contributed by atoms with Gasteiger partial charge >= 0.3 is 5.97 Å². The van der Waals surface area contributed by atoms with Crippen LogP contribution in [0.3, 0.4) is 0 Å². The van der Waals surface area contributed by atoms with Crippen molar-refractivity contribution in [2.45, 2.75) is 56.6 Å². The molecule has 5 nitrogen and oxygen atoms in total. The molecule has 0 bridgehead atoms. The Kier molecular flexibility index (Phi) is 4.57. The number of hydrogen-bond acceptors (Lipinski definition) is 4. The van der Waals surface area contributed by atoms with Gasteiger partial charge in [-0.25, -0.2) is 4.79 Å². The van der Waals surface area contributed by atoms with E-state index in [1.54, 1.807) is 18.2 Å². The third-order valence-electron chi connectivity index (χ3n) is 6.08. The van der Waals surface area contributed by atoms with Gasteiger partial charge in [0.15, 0.2) is 5.78 Å². The molecule has 1 N–H and O–H groups in total. The van der Waals surface area contributed by atoms with Crippen molar-refractivity contribution >= 4 is 17.8 Å². The molecule has 2 aliphatic heterocycles. The molecule has 138 valence electrons. The van der Waals surface area contributed by atoms with Crippen LogP contribution in [0.15, 0.2) is 24.3 Å². The Morgan fingerprint density at radius 3 is 2.65 bits per heavy atom. The van der Waals surface area contributed by atoms with Crippen molar-refractivity contribution < 1.29 is 19.4 Å². The van der Waals surface area contributed by atoms with Crippen LogP contribution in [0, 0.1) is 0 Å². The molecule has 1 aliphatic carbocycles. The van der Waals surface area contributed by atoms with E-state index in [2.05, 4.69) is 4.90 Å². The Labute approximate surface area is 153 Å². The molecule has 3 aliphatic rings. The third kappa shape index (κ3) is 3.40. The van der Waals surface area contributed by atoms with E-state index < -0.39 is 5.97 Å². The summed E-state index contributed by atoms with van der Waals surface area (Å²) in [4.78, 5) is 26.0. The van der Waals surface area contributed by atoms with Crippen LogP contribution in [0.4, 0.5) is 0 Å². The zero-order valence-electron chi connectivity index (χ0n) is 14.9. The third-order valence-corrected chi connectivity index (χ3v) is 6.08. The van der Waals surface area contributed by atoms with E-state index in [0.29, 0.717) is 23.3 Å². The highest BCUT2D eigenvalue weighted by atomic mass is 16.5. The molecule has 2 fully saturated rings. The summed E-state index contributed by atoms with van der Waals surface area (Å²) in [7, 11) is 0. The molecule has 2 heterocycles. The number of carboxylic acids is 1. The summed E-state index contributed by atoms with van der Waals surface area (Å²) in [6, 6.07) is 6.07. The second kappa shape index (κ2) is 6.88. The lowest BCUT2D eigenvalue weighted by atomic mass is 9.81. The van der Waals surface area contributed by atoms with E-state index >= 15 is 0 Å². The predicted molar refractivity (Wildman–Crippen MR) is 98.5 cm³/mol. The zero-order chi connectivity index (χ0) is 18.1. The quantitative estimate of drug-likeness (QED) is 0.840. The van der Waals surface area contributed by atoms with Crippen molar-refractivity contribution in [3.63, 3.8) is 0 Å². The van der Waals surface area contributed by atoms with Crippen molar-refractivity contribution in [1.82, 2.24) is 4.90 Å². The monoisotopic (exact) mass is 355 g/mol. The van der Waals surface area contributed by atoms with Crippen LogP contribution in [0.1, 0.15) is 60.9 Å². The maximum absolute atomic E-state index is 12.8. The molecule has 0 unspecified atom stereocenters. The van der Waals surface area contributed by atoms with Gasteiger partial charge in [-0.3, -0.25) is 4.79 Å². The number of likely N-dealkylation sites (tertiary alicyclic amines) is 1. The molecular weight excluding hydrogens is 330 g/mol. The van der Waals surface area contributed by atoms with E-state index in [0.717, 1.165) is 38.0 Å². The summed E-state index contributed by atoms with van der Waals surface area (Å²) < 4.78 is 6.33. The number of carboxylic acid groups (broad SMARTS) is 1. The highest BCUT2D eigenvalue weighted by molar-refractivity contribution is 6.01. The SMILES string of the molecule is O=C(O)/C=C/c1ccc2c(c1)C(=O)CC1(CCN(C3CCCC3)CC1)O2. The van der Waals surface area contributed by atoms with Gasteiger partial charge in [0.25, 0.3) is 0 Å². The molecule has 1 aromatic rings. The van der Waals surface area contributed by atoms with Gasteiger partial charge in [-0.2, -0.15) is 0 Å². The van der Waals surface area contributed by atoms with Crippen LogP contribution in [-0.4, -0.2) is 46.5 Å². The van der Waals surface area contributed by atoms with Gasteiger partial charge in [0.1, 0.15) is 11.4 Å². The molecule has 0 aromatic heterocycles. The van der Waals surface area contributed by atoms with Gasteiger partial charge < -0.3 is 14.7 Å². The Morgan fingerprint density at radius 2 is 1.96 bits per heavy atom. The lowest BCUT2D eigenvalue weighted by molar-refractivity contribution is -0.131. The second-order valence-corrected chi connectivity index (χ2v) is 7.79. The Balaban J connectivity index is 1.48. The molecule has 1 saturated carbocycles. The fraction of sp³-hybridized carbons (Fsp3) is 0.524. The average Bonchev–Trinajstić information content (AvgIpc) is 3.15. The fourth-order valence-corrected chi connectivity index (χ4v) is 4.63. The molecule has 0 atom stereocenters. The van der Waals surface area contributed by atoms with Crippen molar-refractivity contribution in [2.75, 3.05) is 13.1 Å². The number of carbonyl (C=O) groups is 2. The molecule has 1 spiro atoms. The molecule has 1 aromatic carbocycles. The van der Waals surface area contributed by atoms with Gasteiger partial charge in [-0.1, -0.05) is 18.9 Å². The summed E-state index contributed by atoms with van der Waals surface area (Å²) >= 11 is 0. The van der Waals surface area contributed by atoms with Crippen LogP contribution in [0.5, 0.6) is 5.75 Å². The first kappa shape index (κ1) is 17.3. The molecule has 26 heavy (non-hydrogen) atoms. The molecule has 0 amide bonds. The minimum absolute atomic E-state index is 0.103. The Bertz CT molecular complexity index is 740. The number of piperidine rings is 1. The number of fused-ring (bicyclic) bond motifs is 1. The summed E-state index contributed by atoms with van der Waals surface area (Å²) in [6.45, 7) is 2.01. The summed E-state index contributed by atoms with van der Waals surface area (Å²) in [6.07, 6.45) is 10.1. The standard InChI is InChI=1S/C21H25NO4/c23-18-14-21(9-11-22(12-10-21)16-3-1-2-4-16)26-19-7-5-15(13-17(18)19)6-8-20(24)25/h5-8,13,16H,1-4,9-12,14H2,(H,24,25)/b8-6+. The van der Waals surface area contributed by atoms with Crippen LogP contribution >= 0.6 is 0 Å². The molecule has 5 heteroatoms. The summed E-state index contributed by atoms with van der Waals surface area (Å²) in [5.41, 5.74) is 0.911. The van der Waals surface area contributed by atoms with E-state index in [1.807, 2.05) is 0 Å². The average molecular weight is 355 g/mol. The zero-order valence-corrected chi connectivity index (χ0v) is 14.9. The number of carbonyl (C=O) groups excluding carboxylic acids is 1. The largest absolute Gasteiger partial charge is 0.486 e. The van der Waals surface area contributed by atoms with Crippen molar-refractivity contribution in [1.29, 1.82) is 0 Å². The highest BCUT2D eigenvalue weighted by Gasteiger charge is 2.44. The minimum atomic E-state index is -1.00. The predicted octanol–water partition coefficient (Wildman–Crippen LogP) is 3.53. The van der Waals surface area contributed by atoms with Crippen molar-refractivity contribution in [3.05, 3.63) is 35.4 Å². The topological polar surface area (TPSA) is 66.8 Å². The first-order valence-corrected chi connectivity index (χ1v) is 9.56. The number of hydrogen-bond donors (Lipinski definition) is 1. The molecular formula is C21H25NO4. The number of benzene rings is 1. The summed E-state index contributed by atoms with van der Waals surface area (Å²) in [5.74, 6) is -0.257. The Hall–Kier alpha value is -2.14. The van der Waals surface area contributed by atoms with Crippen LogP contribution < -0.4 is 4.74 Å². The van der Waals surface area contributed by atoms with Gasteiger partial charge in [0.05, 0.1) is 12.0 Å². The first-order valence-electron chi connectivity index (χ1n) is 9.56. The molecule has 4 rings (SSSR count). The van der Waals surface area contributed by atoms with Gasteiger partial charge in [-0.05, 0) is 36.6 Å². The van der Waals surface area contributed by atoms with E-state index in [1.165, 1.54) is 31.8 Å². The molecule has 0 radical (unpaired) electrons. The normalized spacial score (nSPS) is 23.3. The first-order chi connectivity index (χ1) is 12.5. The van der Waals surface area contributed by atoms with Gasteiger partial charge in [0.2, 0.25) is 0 Å². The number of aliphatic carboxylic acids is 1. The number of nitrogens with zero attached hydrogens (tertiary/aromatic N) is 1. The van der Waals surface area contributed by atoms with Gasteiger partial charge in [0, 0.05) is 38.0 Å². The van der Waals surface area contributed by atoms with Crippen molar-refractivity contribution in [3.8, 4) is 5.75 Å². The minimum Gasteiger partial charge on any atom is -0.486 e. The van der Waals surface area contributed by atoms with Crippen LogP contribution in [0.25, 0.3) is 6.08 Å². The van der Waals surface area contributed by atoms with Crippen LogP contribution in [-0.2, 0) is 4.79 Å². The van der Waals surface area contributed by atoms with E-state index in [4.69, 9.17) is 9.84 Å². The van der Waals surface area contributed by atoms with Crippen molar-refractivity contribution in [2.24, 2.45) is 0 Å². The smallest absolute Gasteiger partial charge is 0.328 e. The summed E-state index contributed by atoms with van der Waals surface area (Å²) in [5, 5.41) is 8.75. The lowest BCUT2D eigenvalue weighted by Gasteiger charge is -2.45. The van der Waals surface area contributed by atoms with Gasteiger partial charge in [-0.15, -0.1) is 0 Å². The fourth-order valence-electron chi connectivity index (χ4n) is 4.63. The Morgan fingerprint density at radius 1 is 1.23 bits per heavy atom. The number of rotatable bonds is 3. The number of Topliss-reactive ketones (excluding diaryl/α,β-unsaturated/α-hetero) is 1. The van der Waals surface area contributed by atoms with E-state index in [-0.39, 0.29) is 11.4 Å².